The quantitative estimate of drug-likeness (QED) is 0.724. The van der Waals surface area contributed by atoms with E-state index in [1.54, 1.807) is 0 Å². The first-order valence-corrected chi connectivity index (χ1v) is 6.05. The van der Waals surface area contributed by atoms with E-state index in [0.29, 0.717) is 11.5 Å². The Hall–Kier alpha value is -0.0800. The van der Waals surface area contributed by atoms with Crippen LogP contribution in [-0.2, 0) is 0 Å². The van der Waals surface area contributed by atoms with Gasteiger partial charge in [0.05, 0.1) is 6.10 Å². The zero-order valence-electron chi connectivity index (χ0n) is 11.2. The van der Waals surface area contributed by atoms with E-state index in [0.717, 1.165) is 19.3 Å². The van der Waals surface area contributed by atoms with Crippen molar-refractivity contribution in [2.45, 2.75) is 71.6 Å². The maximum Gasteiger partial charge on any atom is 0.0555 e. The van der Waals surface area contributed by atoms with E-state index >= 15 is 0 Å². The summed E-state index contributed by atoms with van der Waals surface area (Å²) in [6.45, 7) is 11.4. The van der Waals surface area contributed by atoms with Crippen molar-refractivity contribution >= 4 is 0 Å². The second-order valence-electron chi connectivity index (χ2n) is 6.71. The van der Waals surface area contributed by atoms with Crippen LogP contribution in [0.1, 0.15) is 53.9 Å². The molecule has 0 radical (unpaired) electrons. The smallest absolute Gasteiger partial charge is 0.0555 e. The Morgan fingerprint density at radius 2 is 1.80 bits per heavy atom. The van der Waals surface area contributed by atoms with Gasteiger partial charge in [0.15, 0.2) is 0 Å². The minimum atomic E-state index is -0.104. The third-order valence-corrected chi connectivity index (χ3v) is 4.04. The molecule has 1 saturated carbocycles. The molecule has 1 fully saturated rings. The molecule has 2 heteroatoms. The molecule has 2 unspecified atom stereocenters. The van der Waals surface area contributed by atoms with Gasteiger partial charge in [-0.3, -0.25) is 4.90 Å². The molecule has 0 amide bonds. The fourth-order valence-corrected chi connectivity index (χ4v) is 2.55. The molecule has 15 heavy (non-hydrogen) atoms. The summed E-state index contributed by atoms with van der Waals surface area (Å²) in [6.07, 6.45) is 2.90. The van der Waals surface area contributed by atoms with Crippen molar-refractivity contribution in [3.63, 3.8) is 0 Å². The molecule has 0 heterocycles. The highest BCUT2D eigenvalue weighted by atomic mass is 16.3. The van der Waals surface area contributed by atoms with Gasteiger partial charge in [-0.2, -0.15) is 0 Å². The Labute approximate surface area is 94.7 Å². The van der Waals surface area contributed by atoms with Gasteiger partial charge in [-0.25, -0.2) is 0 Å². The molecular weight excluding hydrogens is 186 g/mol. The minimum absolute atomic E-state index is 0.104. The van der Waals surface area contributed by atoms with Crippen molar-refractivity contribution in [1.82, 2.24) is 4.90 Å². The van der Waals surface area contributed by atoms with Crippen LogP contribution in [-0.4, -0.2) is 34.7 Å². The lowest BCUT2D eigenvalue weighted by Gasteiger charge is -2.50. The molecule has 1 aliphatic carbocycles. The predicted octanol–water partition coefficient (Wildman–Crippen LogP) is 2.66. The lowest BCUT2D eigenvalue weighted by Crippen LogP contribution is -2.54. The summed E-state index contributed by atoms with van der Waals surface area (Å²) >= 11 is 0. The monoisotopic (exact) mass is 213 g/mol. The van der Waals surface area contributed by atoms with Crippen LogP contribution in [0.2, 0.25) is 0 Å². The molecular formula is C13H27NO. The normalized spacial score (nSPS) is 32.0. The average molecular weight is 213 g/mol. The van der Waals surface area contributed by atoms with Crippen LogP contribution in [0.15, 0.2) is 0 Å². The first-order chi connectivity index (χ1) is 6.64. The van der Waals surface area contributed by atoms with E-state index in [1.165, 1.54) is 0 Å². The summed E-state index contributed by atoms with van der Waals surface area (Å²) in [5.41, 5.74) is 0.500. The van der Waals surface area contributed by atoms with Crippen LogP contribution in [0, 0.1) is 5.41 Å². The Bertz CT molecular complexity index is 217. The second kappa shape index (κ2) is 4.06. The summed E-state index contributed by atoms with van der Waals surface area (Å²) in [5.74, 6) is 0. The molecule has 0 spiro atoms. The molecule has 1 aliphatic rings. The summed E-state index contributed by atoms with van der Waals surface area (Å²) in [7, 11) is 2.18. The van der Waals surface area contributed by atoms with E-state index in [2.05, 4.69) is 46.6 Å². The number of aliphatic hydroxyl groups excluding tert-OH is 1. The van der Waals surface area contributed by atoms with E-state index in [4.69, 9.17) is 0 Å². The van der Waals surface area contributed by atoms with E-state index < -0.39 is 0 Å². The molecule has 0 saturated heterocycles. The van der Waals surface area contributed by atoms with Gasteiger partial charge >= 0.3 is 0 Å². The standard InChI is InChI=1S/C13H27NO/c1-12(2,3)14(6)11-9-10(15)7-8-13(11,4)5/h10-11,15H,7-9H2,1-6H3. The molecule has 0 aromatic heterocycles. The summed E-state index contributed by atoms with van der Waals surface area (Å²) in [6, 6.07) is 0.487. The topological polar surface area (TPSA) is 23.5 Å². The fourth-order valence-electron chi connectivity index (χ4n) is 2.55. The highest BCUT2D eigenvalue weighted by Gasteiger charge is 2.40. The van der Waals surface area contributed by atoms with Gasteiger partial charge in [0.1, 0.15) is 0 Å². The van der Waals surface area contributed by atoms with Crippen LogP contribution in [0.25, 0.3) is 0 Å². The minimum Gasteiger partial charge on any atom is -0.393 e. The molecule has 1 rings (SSSR count). The third-order valence-electron chi connectivity index (χ3n) is 4.04. The fraction of sp³-hybridized carbons (Fsp3) is 1.00. The molecule has 2 atom stereocenters. The maximum absolute atomic E-state index is 9.80. The average Bonchev–Trinajstić information content (AvgIpc) is 2.06. The Balaban J connectivity index is 2.81. The zero-order valence-corrected chi connectivity index (χ0v) is 11.2. The van der Waals surface area contributed by atoms with Crippen LogP contribution in [0.5, 0.6) is 0 Å². The van der Waals surface area contributed by atoms with Gasteiger partial charge in [0.25, 0.3) is 0 Å². The van der Waals surface area contributed by atoms with E-state index in [-0.39, 0.29) is 11.6 Å². The summed E-state index contributed by atoms with van der Waals surface area (Å²) in [5, 5.41) is 9.80. The zero-order chi connectivity index (χ0) is 11.9. The van der Waals surface area contributed by atoms with Crippen molar-refractivity contribution < 1.29 is 5.11 Å². The van der Waals surface area contributed by atoms with Gasteiger partial charge in [-0.15, -0.1) is 0 Å². The Morgan fingerprint density at radius 3 is 2.27 bits per heavy atom. The molecule has 0 aliphatic heterocycles. The van der Waals surface area contributed by atoms with E-state index in [9.17, 15) is 5.11 Å². The lowest BCUT2D eigenvalue weighted by atomic mass is 9.71. The number of aliphatic hydroxyl groups is 1. The molecule has 2 nitrogen and oxygen atoms in total. The van der Waals surface area contributed by atoms with Crippen molar-refractivity contribution in [3.05, 3.63) is 0 Å². The van der Waals surface area contributed by atoms with Crippen LogP contribution < -0.4 is 0 Å². The number of hydrogen-bond acceptors (Lipinski definition) is 2. The van der Waals surface area contributed by atoms with Crippen molar-refractivity contribution in [2.75, 3.05) is 7.05 Å². The van der Waals surface area contributed by atoms with Gasteiger partial charge in [-0.1, -0.05) is 13.8 Å². The van der Waals surface area contributed by atoms with E-state index in [1.807, 2.05) is 0 Å². The molecule has 90 valence electrons. The number of nitrogens with zero attached hydrogens (tertiary/aromatic N) is 1. The third kappa shape index (κ3) is 2.94. The number of rotatable bonds is 1. The first kappa shape index (κ1) is 13.0. The van der Waals surface area contributed by atoms with Gasteiger partial charge in [0.2, 0.25) is 0 Å². The highest BCUT2D eigenvalue weighted by molar-refractivity contribution is 4.95. The van der Waals surface area contributed by atoms with Gasteiger partial charge in [0, 0.05) is 11.6 Å². The van der Waals surface area contributed by atoms with Crippen LogP contribution in [0.4, 0.5) is 0 Å². The van der Waals surface area contributed by atoms with Gasteiger partial charge in [-0.05, 0) is 52.5 Å². The highest BCUT2D eigenvalue weighted by Crippen LogP contribution is 2.40. The van der Waals surface area contributed by atoms with Crippen molar-refractivity contribution in [3.8, 4) is 0 Å². The maximum atomic E-state index is 9.80. The first-order valence-electron chi connectivity index (χ1n) is 6.05. The van der Waals surface area contributed by atoms with Crippen LogP contribution >= 0.6 is 0 Å². The Morgan fingerprint density at radius 1 is 1.27 bits per heavy atom. The SMILES string of the molecule is CN(C1CC(O)CCC1(C)C)C(C)(C)C. The predicted molar refractivity (Wildman–Crippen MR) is 64.9 cm³/mol. The van der Waals surface area contributed by atoms with Crippen LogP contribution in [0.3, 0.4) is 0 Å². The Kier molecular flexibility index (Phi) is 3.52. The van der Waals surface area contributed by atoms with Gasteiger partial charge < -0.3 is 5.11 Å². The van der Waals surface area contributed by atoms with Crippen molar-refractivity contribution in [1.29, 1.82) is 0 Å². The number of hydrogen-bond donors (Lipinski definition) is 1. The molecule has 1 N–H and O–H groups in total. The molecule has 0 aromatic rings. The van der Waals surface area contributed by atoms with Crippen molar-refractivity contribution in [2.24, 2.45) is 5.41 Å². The second-order valence-corrected chi connectivity index (χ2v) is 6.71. The largest absolute Gasteiger partial charge is 0.393 e. The summed E-state index contributed by atoms with van der Waals surface area (Å²) < 4.78 is 0. The lowest BCUT2D eigenvalue weighted by molar-refractivity contribution is -0.0337. The summed E-state index contributed by atoms with van der Waals surface area (Å²) in [4.78, 5) is 2.43. The molecule has 0 aromatic carbocycles. The molecule has 0 bridgehead atoms.